The monoisotopic (exact) mass is 543 g/mol. The first kappa shape index (κ1) is 25.1. The molecule has 7 rings (SSSR count). The number of halogens is 3. The number of aliphatic hydroxyl groups is 1. The van der Waals surface area contributed by atoms with Gasteiger partial charge in [0.25, 0.3) is 0 Å². The number of ether oxygens (including phenoxy) is 2. The van der Waals surface area contributed by atoms with Crippen molar-refractivity contribution in [2.24, 2.45) is 5.92 Å². The number of nitrogens with zero attached hydrogens (tertiary/aromatic N) is 3. The SMILES string of the molecule is COc1ccc2c3c1O[C@H]1CN(C(=O)Cc4cccc(C(F)(F)F)n4)CC[C@@]4(O)[C@@H](C2)N(CC2CC2)CC[C@]314. The van der Waals surface area contributed by atoms with Crippen LogP contribution in [-0.2, 0) is 29.2 Å². The van der Waals surface area contributed by atoms with Crippen LogP contribution in [0.3, 0.4) is 0 Å². The van der Waals surface area contributed by atoms with E-state index < -0.39 is 29.0 Å². The molecule has 39 heavy (non-hydrogen) atoms. The van der Waals surface area contributed by atoms with Gasteiger partial charge in [0.05, 0.1) is 36.8 Å². The van der Waals surface area contributed by atoms with E-state index in [4.69, 9.17) is 9.47 Å². The van der Waals surface area contributed by atoms with Crippen molar-refractivity contribution >= 4 is 5.91 Å². The van der Waals surface area contributed by atoms with Crippen LogP contribution in [0.25, 0.3) is 0 Å². The largest absolute Gasteiger partial charge is 0.493 e. The number of carbonyl (C=O) groups is 1. The van der Waals surface area contributed by atoms with Crippen molar-refractivity contribution in [3.63, 3.8) is 0 Å². The van der Waals surface area contributed by atoms with Crippen LogP contribution < -0.4 is 9.47 Å². The van der Waals surface area contributed by atoms with Crippen LogP contribution in [0.15, 0.2) is 30.3 Å². The van der Waals surface area contributed by atoms with Gasteiger partial charge in [0.1, 0.15) is 11.8 Å². The van der Waals surface area contributed by atoms with Crippen molar-refractivity contribution in [1.29, 1.82) is 0 Å². The van der Waals surface area contributed by atoms with E-state index in [0.717, 1.165) is 30.3 Å². The van der Waals surface area contributed by atoms with Crippen LogP contribution in [0.5, 0.6) is 11.5 Å². The summed E-state index contributed by atoms with van der Waals surface area (Å²) in [6, 6.07) is 7.54. The first-order valence-electron chi connectivity index (χ1n) is 13.8. The first-order chi connectivity index (χ1) is 18.6. The van der Waals surface area contributed by atoms with Crippen LogP contribution >= 0.6 is 0 Å². The summed E-state index contributed by atoms with van der Waals surface area (Å²) in [5.74, 6) is 1.62. The van der Waals surface area contributed by atoms with Gasteiger partial charge >= 0.3 is 6.18 Å². The Bertz CT molecular complexity index is 1330. The van der Waals surface area contributed by atoms with Gasteiger partial charge in [-0.05, 0) is 68.3 Å². The maximum atomic E-state index is 13.5. The molecule has 10 heteroatoms. The lowest BCUT2D eigenvalue weighted by Crippen LogP contribution is -2.74. The molecule has 3 fully saturated rings. The summed E-state index contributed by atoms with van der Waals surface area (Å²) >= 11 is 0. The van der Waals surface area contributed by atoms with Crippen molar-refractivity contribution in [2.45, 2.75) is 67.9 Å². The number of alkyl halides is 3. The van der Waals surface area contributed by atoms with Crippen LogP contribution in [0, 0.1) is 5.92 Å². The third-order valence-electron chi connectivity index (χ3n) is 9.78. The van der Waals surface area contributed by atoms with Crippen LogP contribution in [-0.4, -0.2) is 76.8 Å². The molecule has 7 nitrogen and oxygen atoms in total. The molecule has 5 aliphatic rings. The molecule has 1 saturated carbocycles. The van der Waals surface area contributed by atoms with E-state index in [-0.39, 0.29) is 30.6 Å². The van der Waals surface area contributed by atoms with Gasteiger partial charge in [-0.2, -0.15) is 13.2 Å². The summed E-state index contributed by atoms with van der Waals surface area (Å²) in [5, 5.41) is 12.7. The molecule has 1 aromatic carbocycles. The summed E-state index contributed by atoms with van der Waals surface area (Å²) in [6.07, 6.45) is -1.08. The minimum absolute atomic E-state index is 0.0716. The summed E-state index contributed by atoms with van der Waals surface area (Å²) in [6.45, 7) is 2.36. The molecular weight excluding hydrogens is 511 g/mol. The second-order valence-electron chi connectivity index (χ2n) is 11.8. The molecule has 4 atom stereocenters. The van der Waals surface area contributed by atoms with Gasteiger partial charge in [-0.1, -0.05) is 12.1 Å². The Morgan fingerprint density at radius 1 is 1.21 bits per heavy atom. The summed E-state index contributed by atoms with van der Waals surface area (Å²) < 4.78 is 51.9. The van der Waals surface area contributed by atoms with Gasteiger partial charge < -0.3 is 19.5 Å². The molecule has 1 aromatic heterocycles. The van der Waals surface area contributed by atoms with Crippen LogP contribution in [0.1, 0.15) is 48.2 Å². The quantitative estimate of drug-likeness (QED) is 0.624. The van der Waals surface area contributed by atoms with E-state index in [1.807, 2.05) is 6.07 Å². The zero-order valence-corrected chi connectivity index (χ0v) is 21.8. The Morgan fingerprint density at radius 2 is 2.03 bits per heavy atom. The number of likely N-dealkylation sites (tertiary alicyclic amines) is 2. The number of benzene rings is 1. The van der Waals surface area contributed by atoms with Gasteiger partial charge in [0.2, 0.25) is 5.91 Å². The predicted octanol–water partition coefficient (Wildman–Crippen LogP) is 3.35. The second-order valence-corrected chi connectivity index (χ2v) is 11.8. The lowest BCUT2D eigenvalue weighted by molar-refractivity contribution is -0.162. The highest BCUT2D eigenvalue weighted by Gasteiger charge is 2.71. The highest BCUT2D eigenvalue weighted by atomic mass is 19.4. The zero-order chi connectivity index (χ0) is 27.2. The molecule has 1 spiro atoms. The molecule has 0 radical (unpaired) electrons. The van der Waals surface area contributed by atoms with Crippen LogP contribution in [0.2, 0.25) is 0 Å². The molecule has 2 aliphatic carbocycles. The third kappa shape index (κ3) is 3.70. The maximum Gasteiger partial charge on any atom is 0.433 e. The van der Waals surface area contributed by atoms with Crippen LogP contribution in [0.4, 0.5) is 13.2 Å². The van der Waals surface area contributed by atoms with Gasteiger partial charge in [-0.15, -0.1) is 0 Å². The zero-order valence-electron chi connectivity index (χ0n) is 21.8. The number of amides is 1. The van der Waals surface area contributed by atoms with Gasteiger partial charge in [-0.25, -0.2) is 4.98 Å². The molecule has 0 unspecified atom stereocenters. The molecule has 208 valence electrons. The van der Waals surface area contributed by atoms with E-state index in [0.29, 0.717) is 43.2 Å². The van der Waals surface area contributed by atoms with Crippen molar-refractivity contribution in [2.75, 3.05) is 33.3 Å². The fraction of sp³-hybridized carbons (Fsp3) is 0.586. The second kappa shape index (κ2) is 8.57. The molecule has 1 amide bonds. The Balaban J connectivity index is 1.24. The number of hydrogen-bond acceptors (Lipinski definition) is 6. The number of rotatable bonds is 5. The molecule has 2 saturated heterocycles. The lowest BCUT2D eigenvalue weighted by atomic mass is 9.52. The summed E-state index contributed by atoms with van der Waals surface area (Å²) in [4.78, 5) is 21.3. The maximum absolute atomic E-state index is 13.5. The van der Waals surface area contributed by atoms with Gasteiger partial charge in [-0.3, -0.25) is 9.69 Å². The number of piperidine rings is 1. The number of aromatic nitrogens is 1. The number of pyridine rings is 1. The normalized spacial score (nSPS) is 31.4. The Morgan fingerprint density at radius 3 is 2.77 bits per heavy atom. The highest BCUT2D eigenvalue weighted by molar-refractivity contribution is 5.78. The highest BCUT2D eigenvalue weighted by Crippen LogP contribution is 2.63. The number of hydrogen-bond donors (Lipinski definition) is 1. The van der Waals surface area contributed by atoms with Gasteiger partial charge in [0, 0.05) is 24.7 Å². The Labute approximate surface area is 224 Å². The fourth-order valence-electron chi connectivity index (χ4n) is 7.78. The van der Waals surface area contributed by atoms with Crippen molar-refractivity contribution in [1.82, 2.24) is 14.8 Å². The average Bonchev–Trinajstić information content (AvgIpc) is 3.67. The first-order valence-corrected chi connectivity index (χ1v) is 13.8. The van der Waals surface area contributed by atoms with Crippen molar-refractivity contribution < 1.29 is 32.5 Å². The minimum atomic E-state index is -4.58. The van der Waals surface area contributed by atoms with E-state index in [1.54, 1.807) is 12.0 Å². The lowest BCUT2D eigenvalue weighted by Gasteiger charge is -2.60. The fourth-order valence-corrected chi connectivity index (χ4v) is 7.78. The van der Waals surface area contributed by atoms with Gasteiger partial charge in [0.15, 0.2) is 11.5 Å². The van der Waals surface area contributed by atoms with E-state index >= 15 is 0 Å². The molecular formula is C29H32F3N3O4. The molecule has 2 aromatic rings. The molecule has 2 bridgehead atoms. The Hall–Kier alpha value is -2.85. The average molecular weight is 544 g/mol. The smallest absolute Gasteiger partial charge is 0.433 e. The van der Waals surface area contributed by atoms with E-state index in [9.17, 15) is 23.1 Å². The van der Waals surface area contributed by atoms with Crippen molar-refractivity contribution in [3.8, 4) is 11.5 Å². The minimum Gasteiger partial charge on any atom is -0.493 e. The Kier molecular flexibility index (Phi) is 5.53. The van der Waals surface area contributed by atoms with E-state index in [1.165, 1.54) is 25.0 Å². The number of carbonyl (C=O) groups excluding carboxylic acids is 1. The molecule has 3 aliphatic heterocycles. The summed E-state index contributed by atoms with van der Waals surface area (Å²) in [5.41, 5.74) is -0.553. The van der Waals surface area contributed by atoms with Crippen molar-refractivity contribution in [3.05, 3.63) is 52.8 Å². The van der Waals surface area contributed by atoms with E-state index in [2.05, 4.69) is 16.0 Å². The molecule has 1 N–H and O–H groups in total. The molecule has 4 heterocycles. The number of methoxy groups -OCH3 is 1. The standard InChI is InChI=1S/C29H32F3N3O4/c1-38-20-8-7-18-13-22-28(37)10-12-35(24(36)14-19-3-2-4-21(33-19)29(30,31)32)16-23-27(28,25(18)26(20)39-23)9-11-34(22)15-17-5-6-17/h2-4,7-8,17,22-23,37H,5-6,9-16H2,1H3/t22-,23+,27-,28-/m1/s1. The summed E-state index contributed by atoms with van der Waals surface area (Å²) in [7, 11) is 1.60. The predicted molar refractivity (Wildman–Crippen MR) is 135 cm³/mol. The third-order valence-corrected chi connectivity index (χ3v) is 9.78. The topological polar surface area (TPSA) is 75.1 Å².